The number of carbonyl (C=O) groups is 2. The van der Waals surface area contributed by atoms with Gasteiger partial charge in [0.1, 0.15) is 11.5 Å². The zero-order valence-corrected chi connectivity index (χ0v) is 17.9. The van der Waals surface area contributed by atoms with Crippen molar-refractivity contribution in [2.45, 2.75) is 6.92 Å². The van der Waals surface area contributed by atoms with Gasteiger partial charge in [0.25, 0.3) is 0 Å². The van der Waals surface area contributed by atoms with Crippen LogP contribution in [0.3, 0.4) is 0 Å². The quantitative estimate of drug-likeness (QED) is 0.555. The van der Waals surface area contributed by atoms with Crippen molar-refractivity contribution < 1.29 is 34.4 Å². The summed E-state index contributed by atoms with van der Waals surface area (Å²) in [5, 5.41) is 26.8. The zero-order chi connectivity index (χ0) is 20.7. The molecule has 0 radical (unpaired) electrons. The highest BCUT2D eigenvalue weighted by atomic mass is 79.9. The summed E-state index contributed by atoms with van der Waals surface area (Å²) in [6.07, 6.45) is 0. The van der Waals surface area contributed by atoms with E-state index in [1.807, 2.05) is 0 Å². The van der Waals surface area contributed by atoms with Gasteiger partial charge < -0.3 is 24.8 Å². The molecule has 0 spiro atoms. The third-order valence-corrected chi connectivity index (χ3v) is 4.67. The number of carboxylic acid groups (broad SMARTS) is 2. The van der Waals surface area contributed by atoms with Crippen LogP contribution in [0.4, 0.5) is 0 Å². The number of benzene rings is 2. The molecular formula is C18H18Br2O7. The number of hydrogen-bond acceptors (Lipinski definition) is 5. The van der Waals surface area contributed by atoms with Crippen molar-refractivity contribution in [3.05, 3.63) is 44.3 Å². The summed E-state index contributed by atoms with van der Waals surface area (Å²) in [6.45, 7) is 1.93. The van der Waals surface area contributed by atoms with Crippen LogP contribution in [-0.4, -0.2) is 48.1 Å². The van der Waals surface area contributed by atoms with Crippen molar-refractivity contribution in [1.82, 2.24) is 0 Å². The summed E-state index contributed by atoms with van der Waals surface area (Å²) in [5.74, 6) is -2.02. The molecule has 146 valence electrons. The summed E-state index contributed by atoms with van der Waals surface area (Å²) < 4.78 is 11.1. The Morgan fingerprint density at radius 1 is 0.852 bits per heavy atom. The topological polar surface area (TPSA) is 113 Å². The van der Waals surface area contributed by atoms with E-state index in [4.69, 9.17) is 14.6 Å². The summed E-state index contributed by atoms with van der Waals surface area (Å²) in [4.78, 5) is 23.5. The minimum Gasteiger partial charge on any atom is -0.496 e. The maximum atomic E-state index is 11.8. The maximum Gasteiger partial charge on any atom is 0.337 e. The number of halogens is 2. The van der Waals surface area contributed by atoms with E-state index in [9.17, 15) is 19.8 Å². The standard InChI is InChI=1S/C16H12Br2O6.C2H6O/c1-23-9-5-3-7(17)11(15(19)20)13(9)14-10(24-2)6-4-8(18)12(14)16(21)22;1-2-3/h3-6H,1-2H3,(H,19,20)(H,21,22);3H,2H2,1H3. The van der Waals surface area contributed by atoms with E-state index in [1.165, 1.54) is 26.4 Å². The van der Waals surface area contributed by atoms with Crippen LogP contribution in [-0.2, 0) is 0 Å². The van der Waals surface area contributed by atoms with Crippen LogP contribution in [0.1, 0.15) is 27.6 Å². The Bertz CT molecular complexity index is 781. The van der Waals surface area contributed by atoms with Gasteiger partial charge in [0, 0.05) is 26.7 Å². The molecule has 2 aromatic rings. The van der Waals surface area contributed by atoms with Crippen molar-refractivity contribution >= 4 is 43.8 Å². The largest absolute Gasteiger partial charge is 0.496 e. The predicted molar refractivity (Wildman–Crippen MR) is 107 cm³/mol. The highest BCUT2D eigenvalue weighted by Gasteiger charge is 2.28. The van der Waals surface area contributed by atoms with Gasteiger partial charge in [-0.3, -0.25) is 0 Å². The van der Waals surface area contributed by atoms with Gasteiger partial charge in [-0.15, -0.1) is 0 Å². The molecule has 0 unspecified atom stereocenters. The molecular weight excluding hydrogens is 488 g/mol. The molecule has 0 atom stereocenters. The summed E-state index contributed by atoms with van der Waals surface area (Å²) >= 11 is 6.40. The van der Waals surface area contributed by atoms with E-state index in [2.05, 4.69) is 31.9 Å². The lowest BCUT2D eigenvalue weighted by molar-refractivity contribution is 0.0683. The van der Waals surface area contributed by atoms with Crippen LogP contribution < -0.4 is 9.47 Å². The fraction of sp³-hybridized carbons (Fsp3) is 0.222. The van der Waals surface area contributed by atoms with E-state index in [0.29, 0.717) is 8.95 Å². The SMILES string of the molecule is CCO.COc1ccc(Br)c(C(=O)O)c1-c1c(OC)ccc(Br)c1C(=O)O. The first-order chi connectivity index (χ1) is 12.7. The molecule has 0 bridgehead atoms. The lowest BCUT2D eigenvalue weighted by Gasteiger charge is -2.18. The molecule has 9 heteroatoms. The van der Waals surface area contributed by atoms with Crippen LogP contribution in [0.15, 0.2) is 33.2 Å². The molecule has 7 nitrogen and oxygen atoms in total. The summed E-state index contributed by atoms with van der Waals surface area (Å²) in [7, 11) is 2.76. The molecule has 0 heterocycles. The molecule has 0 fully saturated rings. The Morgan fingerprint density at radius 3 is 1.37 bits per heavy atom. The second-order valence-electron chi connectivity index (χ2n) is 4.93. The lowest BCUT2D eigenvalue weighted by Crippen LogP contribution is -2.09. The molecule has 0 amide bonds. The highest BCUT2D eigenvalue weighted by Crippen LogP contribution is 2.45. The van der Waals surface area contributed by atoms with Gasteiger partial charge in [-0.2, -0.15) is 0 Å². The molecule has 27 heavy (non-hydrogen) atoms. The average Bonchev–Trinajstić information content (AvgIpc) is 2.61. The molecule has 0 saturated carbocycles. The van der Waals surface area contributed by atoms with Crippen LogP contribution in [0.2, 0.25) is 0 Å². The minimum absolute atomic E-state index is 0.117. The average molecular weight is 506 g/mol. The Balaban J connectivity index is 0.00000114. The van der Waals surface area contributed by atoms with Crippen LogP contribution in [0.25, 0.3) is 11.1 Å². The second-order valence-corrected chi connectivity index (χ2v) is 6.63. The second kappa shape index (κ2) is 10.3. The van der Waals surface area contributed by atoms with E-state index < -0.39 is 11.9 Å². The first-order valence-electron chi connectivity index (χ1n) is 7.55. The molecule has 0 aliphatic carbocycles. The first-order valence-corrected chi connectivity index (χ1v) is 9.14. The van der Waals surface area contributed by atoms with Gasteiger partial charge in [-0.25, -0.2) is 9.59 Å². The van der Waals surface area contributed by atoms with Crippen LogP contribution in [0, 0.1) is 0 Å². The number of methoxy groups -OCH3 is 2. The predicted octanol–water partition coefficient (Wildman–Crippen LogP) is 4.29. The van der Waals surface area contributed by atoms with Gasteiger partial charge in [0.05, 0.1) is 25.3 Å². The van der Waals surface area contributed by atoms with E-state index in [-0.39, 0.29) is 40.4 Å². The van der Waals surface area contributed by atoms with Crippen molar-refractivity contribution in [2.75, 3.05) is 20.8 Å². The fourth-order valence-corrected chi connectivity index (χ4v) is 3.37. The molecule has 2 aromatic carbocycles. The Labute approximate surface area is 172 Å². The monoisotopic (exact) mass is 504 g/mol. The number of aliphatic hydroxyl groups excluding tert-OH is 1. The molecule has 0 saturated heterocycles. The van der Waals surface area contributed by atoms with Gasteiger partial charge in [0.2, 0.25) is 0 Å². The van der Waals surface area contributed by atoms with Gasteiger partial charge in [0.15, 0.2) is 0 Å². The Hall–Kier alpha value is -2.10. The first kappa shape index (κ1) is 22.9. The minimum atomic E-state index is -1.23. The number of hydrogen-bond donors (Lipinski definition) is 3. The number of aromatic carboxylic acids is 2. The van der Waals surface area contributed by atoms with E-state index in [1.54, 1.807) is 19.1 Å². The Kier molecular flexibility index (Phi) is 8.74. The third kappa shape index (κ3) is 5.00. The zero-order valence-electron chi connectivity index (χ0n) is 14.7. The van der Waals surface area contributed by atoms with Crippen molar-refractivity contribution in [2.24, 2.45) is 0 Å². The normalized spacial score (nSPS) is 9.85. The van der Waals surface area contributed by atoms with Gasteiger partial charge >= 0.3 is 11.9 Å². The molecule has 0 aliphatic heterocycles. The molecule has 0 aromatic heterocycles. The smallest absolute Gasteiger partial charge is 0.337 e. The summed E-state index contributed by atoms with van der Waals surface area (Å²) in [5.41, 5.74) is 0.00588. The number of aliphatic hydroxyl groups is 1. The fourth-order valence-electron chi connectivity index (χ4n) is 2.37. The number of ether oxygens (including phenoxy) is 2. The van der Waals surface area contributed by atoms with Gasteiger partial charge in [-0.05, 0) is 63.0 Å². The van der Waals surface area contributed by atoms with E-state index in [0.717, 1.165) is 0 Å². The van der Waals surface area contributed by atoms with Crippen LogP contribution in [0.5, 0.6) is 11.5 Å². The van der Waals surface area contributed by atoms with E-state index >= 15 is 0 Å². The van der Waals surface area contributed by atoms with Crippen LogP contribution >= 0.6 is 31.9 Å². The molecule has 2 rings (SSSR count). The highest BCUT2D eigenvalue weighted by molar-refractivity contribution is 9.10. The van der Waals surface area contributed by atoms with Crippen molar-refractivity contribution in [3.8, 4) is 22.6 Å². The Morgan fingerprint density at radius 2 is 1.15 bits per heavy atom. The number of carboxylic acids is 2. The maximum absolute atomic E-state index is 11.8. The third-order valence-electron chi connectivity index (χ3n) is 3.35. The van der Waals surface area contributed by atoms with Crippen molar-refractivity contribution in [1.29, 1.82) is 0 Å². The summed E-state index contributed by atoms with van der Waals surface area (Å²) in [6, 6.07) is 6.16. The molecule has 0 aliphatic rings. The van der Waals surface area contributed by atoms with Gasteiger partial charge in [-0.1, -0.05) is 0 Å². The number of rotatable bonds is 5. The lowest BCUT2D eigenvalue weighted by atomic mass is 9.93. The molecule has 3 N–H and O–H groups in total. The van der Waals surface area contributed by atoms with Crippen molar-refractivity contribution in [3.63, 3.8) is 0 Å².